The molecule has 0 atom stereocenters. The summed E-state index contributed by atoms with van der Waals surface area (Å²) < 4.78 is 0. The summed E-state index contributed by atoms with van der Waals surface area (Å²) in [6.45, 7) is 1.35. The number of nitro benzene ring substituents is 1. The van der Waals surface area contributed by atoms with Crippen molar-refractivity contribution in [2.45, 2.75) is 6.92 Å². The van der Waals surface area contributed by atoms with E-state index in [9.17, 15) is 14.9 Å². The Labute approximate surface area is 96.3 Å². The standard InChI is InChI=1S/C11H6N2O4/c1-7-9(11(14)15)5-8(3-2-4-12)6-10(7)13(16)17/h5-6H,1H3,(H,14,15). The minimum atomic E-state index is -1.27. The molecule has 0 spiro atoms. The van der Waals surface area contributed by atoms with Gasteiger partial charge in [0.1, 0.15) is 0 Å². The topological polar surface area (TPSA) is 104 Å². The fraction of sp³-hybridized carbons (Fsp3) is 0.0909. The molecule has 0 aliphatic heterocycles. The van der Waals surface area contributed by atoms with Crippen molar-refractivity contribution in [2.75, 3.05) is 0 Å². The van der Waals surface area contributed by atoms with Gasteiger partial charge in [0.25, 0.3) is 5.69 Å². The number of rotatable bonds is 2. The lowest BCUT2D eigenvalue weighted by molar-refractivity contribution is -0.385. The minimum absolute atomic E-state index is 0.0602. The second-order valence-electron chi connectivity index (χ2n) is 3.09. The van der Waals surface area contributed by atoms with Crippen LogP contribution >= 0.6 is 0 Å². The number of nitriles is 1. The van der Waals surface area contributed by atoms with Crippen molar-refractivity contribution in [1.29, 1.82) is 5.26 Å². The Bertz CT molecular complexity index is 567. The summed E-state index contributed by atoms with van der Waals surface area (Å²) >= 11 is 0. The molecule has 0 aliphatic rings. The molecule has 1 N–H and O–H groups in total. The van der Waals surface area contributed by atoms with Gasteiger partial charge >= 0.3 is 5.97 Å². The lowest BCUT2D eigenvalue weighted by Crippen LogP contribution is -2.04. The maximum Gasteiger partial charge on any atom is 0.336 e. The number of carbonyl (C=O) groups is 1. The Kier molecular flexibility index (Phi) is 3.43. The van der Waals surface area contributed by atoms with Gasteiger partial charge in [0, 0.05) is 23.1 Å². The molecule has 1 aromatic rings. The fourth-order valence-electron chi connectivity index (χ4n) is 1.28. The number of hydrogen-bond acceptors (Lipinski definition) is 4. The highest BCUT2D eigenvalue weighted by Crippen LogP contribution is 2.23. The predicted molar refractivity (Wildman–Crippen MR) is 57.3 cm³/mol. The summed E-state index contributed by atoms with van der Waals surface area (Å²) in [4.78, 5) is 20.9. The summed E-state index contributed by atoms with van der Waals surface area (Å²) in [5, 5.41) is 27.9. The van der Waals surface area contributed by atoms with E-state index in [4.69, 9.17) is 10.4 Å². The molecule has 0 aromatic heterocycles. The van der Waals surface area contributed by atoms with E-state index in [1.807, 2.05) is 0 Å². The number of carboxylic acid groups (broad SMARTS) is 1. The van der Waals surface area contributed by atoms with E-state index < -0.39 is 10.9 Å². The molecule has 6 nitrogen and oxygen atoms in total. The molecule has 0 saturated carbocycles. The van der Waals surface area contributed by atoms with Gasteiger partial charge in [0.05, 0.1) is 10.5 Å². The van der Waals surface area contributed by atoms with E-state index in [0.717, 1.165) is 6.07 Å². The van der Waals surface area contributed by atoms with Crippen LogP contribution in [0.4, 0.5) is 5.69 Å². The number of aromatic carboxylic acids is 1. The number of nitro groups is 1. The number of benzene rings is 1. The Morgan fingerprint density at radius 3 is 2.65 bits per heavy atom. The van der Waals surface area contributed by atoms with Crippen LogP contribution < -0.4 is 0 Å². The van der Waals surface area contributed by atoms with Crippen LogP contribution in [0.1, 0.15) is 21.5 Å². The molecule has 84 valence electrons. The van der Waals surface area contributed by atoms with Crippen molar-refractivity contribution in [2.24, 2.45) is 0 Å². The van der Waals surface area contributed by atoms with Gasteiger partial charge in [-0.3, -0.25) is 10.1 Å². The van der Waals surface area contributed by atoms with Crippen LogP contribution in [-0.4, -0.2) is 16.0 Å². The lowest BCUT2D eigenvalue weighted by Gasteiger charge is -2.02. The third-order valence-electron chi connectivity index (χ3n) is 2.07. The van der Waals surface area contributed by atoms with E-state index in [1.165, 1.54) is 13.0 Å². The highest BCUT2D eigenvalue weighted by molar-refractivity contribution is 5.91. The van der Waals surface area contributed by atoms with E-state index in [1.54, 1.807) is 6.07 Å². The molecule has 0 fully saturated rings. The quantitative estimate of drug-likeness (QED) is 0.470. The van der Waals surface area contributed by atoms with Gasteiger partial charge < -0.3 is 5.11 Å². The number of nitrogens with zero attached hydrogens (tertiary/aromatic N) is 2. The summed E-state index contributed by atoms with van der Waals surface area (Å²) in [5.74, 6) is 3.12. The highest BCUT2D eigenvalue weighted by atomic mass is 16.6. The van der Waals surface area contributed by atoms with Crippen LogP contribution in [0, 0.1) is 40.2 Å². The van der Waals surface area contributed by atoms with Crippen molar-refractivity contribution in [3.05, 3.63) is 38.9 Å². The van der Waals surface area contributed by atoms with E-state index >= 15 is 0 Å². The Morgan fingerprint density at radius 2 is 2.18 bits per heavy atom. The summed E-state index contributed by atoms with van der Waals surface area (Å²) in [6.07, 6.45) is 0. The zero-order valence-electron chi connectivity index (χ0n) is 8.72. The van der Waals surface area contributed by atoms with Gasteiger partial charge in [0.2, 0.25) is 0 Å². The van der Waals surface area contributed by atoms with Crippen LogP contribution in [0.25, 0.3) is 0 Å². The smallest absolute Gasteiger partial charge is 0.336 e. The van der Waals surface area contributed by atoms with Gasteiger partial charge in [-0.05, 0) is 13.0 Å². The zero-order valence-corrected chi connectivity index (χ0v) is 8.72. The molecular formula is C11H6N2O4. The fourth-order valence-corrected chi connectivity index (χ4v) is 1.28. The molecule has 17 heavy (non-hydrogen) atoms. The van der Waals surface area contributed by atoms with Gasteiger partial charge in [-0.1, -0.05) is 5.92 Å². The average molecular weight is 230 g/mol. The van der Waals surface area contributed by atoms with Gasteiger partial charge in [-0.25, -0.2) is 4.79 Å². The summed E-state index contributed by atoms with van der Waals surface area (Å²) in [5.41, 5.74) is -0.333. The monoisotopic (exact) mass is 230 g/mol. The molecule has 0 radical (unpaired) electrons. The third-order valence-corrected chi connectivity index (χ3v) is 2.07. The first kappa shape index (κ1) is 12.2. The van der Waals surface area contributed by atoms with Crippen molar-refractivity contribution in [1.82, 2.24) is 0 Å². The maximum atomic E-state index is 10.9. The Hall–Kier alpha value is -2.86. The zero-order chi connectivity index (χ0) is 13.0. The molecule has 0 saturated heterocycles. The number of carboxylic acids is 1. The van der Waals surface area contributed by atoms with Gasteiger partial charge in [0.15, 0.2) is 6.07 Å². The van der Waals surface area contributed by atoms with E-state index in [2.05, 4.69) is 11.8 Å². The predicted octanol–water partition coefficient (Wildman–Crippen LogP) is 1.48. The summed E-state index contributed by atoms with van der Waals surface area (Å²) in [6, 6.07) is 3.90. The van der Waals surface area contributed by atoms with Gasteiger partial charge in [-0.15, -0.1) is 0 Å². The van der Waals surface area contributed by atoms with Crippen molar-refractivity contribution < 1.29 is 14.8 Å². The average Bonchev–Trinajstić information content (AvgIpc) is 2.26. The van der Waals surface area contributed by atoms with Crippen LogP contribution in [0.3, 0.4) is 0 Å². The maximum absolute atomic E-state index is 10.9. The van der Waals surface area contributed by atoms with Crippen molar-refractivity contribution in [3.63, 3.8) is 0 Å². The summed E-state index contributed by atoms with van der Waals surface area (Å²) in [7, 11) is 0. The molecule has 1 aromatic carbocycles. The lowest BCUT2D eigenvalue weighted by atomic mass is 10.0. The van der Waals surface area contributed by atoms with Crippen LogP contribution in [0.2, 0.25) is 0 Å². The molecule has 1 rings (SSSR count). The van der Waals surface area contributed by atoms with Crippen LogP contribution in [-0.2, 0) is 0 Å². The molecule has 6 heteroatoms. The highest BCUT2D eigenvalue weighted by Gasteiger charge is 2.19. The number of hydrogen-bond donors (Lipinski definition) is 1. The molecule has 0 aliphatic carbocycles. The molecule has 0 amide bonds. The molecule has 0 unspecified atom stereocenters. The first-order valence-corrected chi connectivity index (χ1v) is 4.39. The van der Waals surface area contributed by atoms with Crippen molar-refractivity contribution in [3.8, 4) is 17.9 Å². The SMILES string of the molecule is Cc1c(C(=O)O)cc(C#CC#N)cc1[N+](=O)[O-]. The molecule has 0 bridgehead atoms. The first-order valence-electron chi connectivity index (χ1n) is 4.39. The second kappa shape index (κ2) is 4.77. The van der Waals surface area contributed by atoms with Gasteiger partial charge in [-0.2, -0.15) is 5.26 Å². The first-order chi connectivity index (χ1) is 7.97. The third kappa shape index (κ3) is 2.58. The largest absolute Gasteiger partial charge is 0.478 e. The second-order valence-corrected chi connectivity index (χ2v) is 3.09. The van der Waals surface area contributed by atoms with Crippen molar-refractivity contribution >= 4 is 11.7 Å². The minimum Gasteiger partial charge on any atom is -0.478 e. The van der Waals surface area contributed by atoms with Crippen LogP contribution in [0.15, 0.2) is 12.1 Å². The molecule has 0 heterocycles. The van der Waals surface area contributed by atoms with Crippen LogP contribution in [0.5, 0.6) is 0 Å². The van der Waals surface area contributed by atoms with E-state index in [-0.39, 0.29) is 22.4 Å². The van der Waals surface area contributed by atoms with E-state index in [0.29, 0.717) is 0 Å². The molecular weight excluding hydrogens is 224 g/mol. The Balaban J connectivity index is 3.54. The normalized spacial score (nSPS) is 8.71. The Morgan fingerprint density at radius 1 is 1.53 bits per heavy atom.